The van der Waals surface area contributed by atoms with E-state index in [1.807, 2.05) is 30.3 Å². The van der Waals surface area contributed by atoms with Gasteiger partial charge in [0.05, 0.1) is 26.7 Å². The number of fused-ring (bicyclic) bond motifs is 1. The molecule has 7 nitrogen and oxygen atoms in total. The van der Waals surface area contributed by atoms with Crippen molar-refractivity contribution in [1.29, 1.82) is 0 Å². The van der Waals surface area contributed by atoms with Gasteiger partial charge in [0.1, 0.15) is 5.52 Å². The van der Waals surface area contributed by atoms with E-state index in [1.54, 1.807) is 30.3 Å². The van der Waals surface area contributed by atoms with Crippen LogP contribution in [0.5, 0.6) is 17.2 Å². The Bertz CT molecular complexity index is 1180. The maximum atomic E-state index is 12.9. The fraction of sp³-hybridized carbons (Fsp3) is 0.130. The molecule has 30 heavy (non-hydrogen) atoms. The first-order valence-corrected chi connectivity index (χ1v) is 9.20. The van der Waals surface area contributed by atoms with Crippen LogP contribution in [0.15, 0.2) is 65.2 Å². The Hall–Kier alpha value is -4.00. The Morgan fingerprint density at radius 2 is 1.60 bits per heavy atom. The van der Waals surface area contributed by atoms with Crippen molar-refractivity contribution in [2.75, 3.05) is 26.6 Å². The maximum Gasteiger partial charge on any atom is 0.255 e. The number of methoxy groups -OCH3 is 3. The molecular formula is C23H20N2O5. The average Bonchev–Trinajstić information content (AvgIpc) is 3.22. The quantitative estimate of drug-likeness (QED) is 0.498. The molecule has 0 saturated heterocycles. The minimum absolute atomic E-state index is 0.286. The molecule has 4 rings (SSSR count). The fourth-order valence-electron chi connectivity index (χ4n) is 3.24. The van der Waals surface area contributed by atoms with Crippen LogP contribution < -0.4 is 19.5 Å². The third-order valence-electron chi connectivity index (χ3n) is 4.70. The second-order valence-electron chi connectivity index (χ2n) is 6.48. The van der Waals surface area contributed by atoms with Gasteiger partial charge in [0.15, 0.2) is 17.3 Å². The number of ether oxygens (including phenoxy) is 3. The summed E-state index contributed by atoms with van der Waals surface area (Å²) in [7, 11) is 4.57. The molecule has 1 N–H and O–H groups in total. The number of carbonyl (C=O) groups is 1. The zero-order chi connectivity index (χ0) is 21.1. The van der Waals surface area contributed by atoms with E-state index in [0.29, 0.717) is 39.8 Å². The first kappa shape index (κ1) is 19.3. The number of amides is 1. The van der Waals surface area contributed by atoms with E-state index in [2.05, 4.69) is 10.5 Å². The van der Waals surface area contributed by atoms with Crippen molar-refractivity contribution in [3.8, 4) is 28.6 Å². The molecule has 0 unspecified atom stereocenters. The molecule has 0 aliphatic heterocycles. The maximum absolute atomic E-state index is 12.9. The van der Waals surface area contributed by atoms with Crippen LogP contribution in [0.1, 0.15) is 10.4 Å². The highest BCUT2D eigenvalue weighted by atomic mass is 16.5. The summed E-state index contributed by atoms with van der Waals surface area (Å²) in [5.74, 6) is 1.69. The number of anilines is 1. The number of nitrogens with one attached hydrogen (secondary N) is 1. The number of hydrogen-bond donors (Lipinski definition) is 1. The monoisotopic (exact) mass is 404 g/mol. The summed E-state index contributed by atoms with van der Waals surface area (Å²) in [4.78, 5) is 12.9. The van der Waals surface area contributed by atoms with Crippen molar-refractivity contribution in [3.63, 3.8) is 0 Å². The SMILES string of the molecule is COc1cc(NC(=O)c2ccc3noc(-c4ccccc4)c3c2)cc(OC)c1OC. The van der Waals surface area contributed by atoms with Crippen molar-refractivity contribution in [3.05, 3.63) is 66.2 Å². The summed E-state index contributed by atoms with van der Waals surface area (Å²) in [5, 5.41) is 7.72. The van der Waals surface area contributed by atoms with Gasteiger partial charge in [0, 0.05) is 28.9 Å². The molecule has 152 valence electrons. The highest BCUT2D eigenvalue weighted by molar-refractivity contribution is 6.07. The van der Waals surface area contributed by atoms with E-state index in [9.17, 15) is 4.79 Å². The summed E-state index contributed by atoms with van der Waals surface area (Å²) in [6.07, 6.45) is 0. The Morgan fingerprint density at radius 1 is 0.900 bits per heavy atom. The minimum atomic E-state index is -0.286. The molecule has 1 aromatic heterocycles. The molecular weight excluding hydrogens is 384 g/mol. The number of benzene rings is 3. The Balaban J connectivity index is 1.67. The number of aromatic nitrogens is 1. The largest absolute Gasteiger partial charge is 0.493 e. The molecule has 0 bridgehead atoms. The van der Waals surface area contributed by atoms with Gasteiger partial charge in [-0.1, -0.05) is 35.5 Å². The summed E-state index contributed by atoms with van der Waals surface area (Å²) < 4.78 is 21.5. The van der Waals surface area contributed by atoms with Gasteiger partial charge < -0.3 is 24.1 Å². The molecule has 1 amide bonds. The lowest BCUT2D eigenvalue weighted by molar-refractivity contribution is 0.102. The average molecular weight is 404 g/mol. The molecule has 0 aliphatic rings. The second kappa shape index (κ2) is 8.16. The van der Waals surface area contributed by atoms with E-state index >= 15 is 0 Å². The van der Waals surface area contributed by atoms with Crippen LogP contribution in [-0.4, -0.2) is 32.4 Å². The van der Waals surface area contributed by atoms with Crippen LogP contribution >= 0.6 is 0 Å². The highest BCUT2D eigenvalue weighted by Gasteiger charge is 2.17. The Kier molecular flexibility index (Phi) is 5.26. The smallest absolute Gasteiger partial charge is 0.255 e. The first-order valence-electron chi connectivity index (χ1n) is 9.20. The van der Waals surface area contributed by atoms with Crippen LogP contribution in [0.4, 0.5) is 5.69 Å². The van der Waals surface area contributed by atoms with Crippen LogP contribution in [0.3, 0.4) is 0 Å². The van der Waals surface area contributed by atoms with Gasteiger partial charge in [0.25, 0.3) is 5.91 Å². The molecule has 4 aromatic rings. The fourth-order valence-corrected chi connectivity index (χ4v) is 3.24. The lowest BCUT2D eigenvalue weighted by Gasteiger charge is -2.14. The predicted molar refractivity (Wildman–Crippen MR) is 113 cm³/mol. The van der Waals surface area contributed by atoms with Crippen molar-refractivity contribution >= 4 is 22.5 Å². The predicted octanol–water partition coefficient (Wildman–Crippen LogP) is 4.77. The molecule has 0 radical (unpaired) electrons. The molecule has 7 heteroatoms. The molecule has 3 aromatic carbocycles. The van der Waals surface area contributed by atoms with Crippen LogP contribution in [0, 0.1) is 0 Å². The molecule has 0 saturated carbocycles. The van der Waals surface area contributed by atoms with Gasteiger partial charge in [0.2, 0.25) is 5.75 Å². The zero-order valence-corrected chi connectivity index (χ0v) is 16.8. The van der Waals surface area contributed by atoms with Gasteiger partial charge in [-0.3, -0.25) is 4.79 Å². The molecule has 0 spiro atoms. The highest BCUT2D eigenvalue weighted by Crippen LogP contribution is 2.40. The van der Waals surface area contributed by atoms with E-state index in [-0.39, 0.29) is 5.91 Å². The van der Waals surface area contributed by atoms with Crippen molar-refractivity contribution in [2.24, 2.45) is 0 Å². The topological polar surface area (TPSA) is 82.8 Å². The normalized spacial score (nSPS) is 10.6. The van der Waals surface area contributed by atoms with Gasteiger partial charge in [-0.15, -0.1) is 0 Å². The Morgan fingerprint density at radius 3 is 2.23 bits per heavy atom. The molecule has 1 heterocycles. The molecule has 0 fully saturated rings. The van der Waals surface area contributed by atoms with Gasteiger partial charge >= 0.3 is 0 Å². The lowest BCUT2D eigenvalue weighted by Crippen LogP contribution is -2.12. The number of carbonyl (C=O) groups excluding carboxylic acids is 1. The van der Waals surface area contributed by atoms with Gasteiger partial charge in [-0.05, 0) is 18.2 Å². The molecule has 0 aliphatic carbocycles. The van der Waals surface area contributed by atoms with Crippen LogP contribution in [0.2, 0.25) is 0 Å². The zero-order valence-electron chi connectivity index (χ0n) is 16.8. The van der Waals surface area contributed by atoms with E-state index in [4.69, 9.17) is 18.7 Å². The third kappa shape index (κ3) is 3.53. The van der Waals surface area contributed by atoms with Crippen molar-refractivity contribution in [2.45, 2.75) is 0 Å². The number of hydrogen-bond acceptors (Lipinski definition) is 6. The summed E-state index contributed by atoms with van der Waals surface area (Å²) in [5.41, 5.74) is 2.56. The summed E-state index contributed by atoms with van der Waals surface area (Å²) >= 11 is 0. The van der Waals surface area contributed by atoms with Gasteiger partial charge in [-0.2, -0.15) is 0 Å². The van der Waals surface area contributed by atoms with Crippen molar-refractivity contribution < 1.29 is 23.5 Å². The minimum Gasteiger partial charge on any atom is -0.493 e. The van der Waals surface area contributed by atoms with Crippen LogP contribution in [0.25, 0.3) is 22.2 Å². The van der Waals surface area contributed by atoms with Gasteiger partial charge in [-0.25, -0.2) is 0 Å². The van der Waals surface area contributed by atoms with E-state index < -0.39 is 0 Å². The first-order chi connectivity index (χ1) is 14.6. The van der Waals surface area contributed by atoms with Crippen molar-refractivity contribution in [1.82, 2.24) is 5.16 Å². The van der Waals surface area contributed by atoms with Crippen LogP contribution in [-0.2, 0) is 0 Å². The van der Waals surface area contributed by atoms with E-state index in [0.717, 1.165) is 10.9 Å². The van der Waals surface area contributed by atoms with E-state index in [1.165, 1.54) is 21.3 Å². The lowest BCUT2D eigenvalue weighted by atomic mass is 10.1. The second-order valence-corrected chi connectivity index (χ2v) is 6.48. The standard InChI is InChI=1S/C23H20N2O5/c1-27-19-12-16(13-20(28-2)22(19)29-3)24-23(26)15-9-10-18-17(11-15)21(30-25-18)14-7-5-4-6-8-14/h4-13H,1-3H3,(H,24,26). The number of rotatable bonds is 6. The third-order valence-corrected chi connectivity index (χ3v) is 4.70. The Labute approximate surface area is 173 Å². The summed E-state index contributed by atoms with van der Waals surface area (Å²) in [6.45, 7) is 0. The number of nitrogens with zero attached hydrogens (tertiary/aromatic N) is 1. The summed E-state index contributed by atoms with van der Waals surface area (Å²) in [6, 6.07) is 18.2. The molecule has 0 atom stereocenters.